The fourth-order valence-electron chi connectivity index (χ4n) is 0.249. The van der Waals surface area contributed by atoms with Crippen LogP contribution in [0.1, 0.15) is 13.3 Å². The third kappa shape index (κ3) is 3.34. The van der Waals surface area contributed by atoms with Gasteiger partial charge in [0.25, 0.3) is 0 Å². The molecule has 0 unspecified atom stereocenters. The van der Waals surface area contributed by atoms with Crippen molar-refractivity contribution in [2.75, 3.05) is 0 Å². The van der Waals surface area contributed by atoms with E-state index in [4.69, 9.17) is 0 Å². The van der Waals surface area contributed by atoms with Crippen LogP contribution in [0.3, 0.4) is 0 Å². The molecule has 0 bridgehead atoms. The number of hydrogen-bond acceptors (Lipinski definition) is 1. The van der Waals surface area contributed by atoms with Gasteiger partial charge in [-0.15, -0.1) is 0 Å². The number of allylic oxidation sites excluding steroid dienone is 2. The van der Waals surface area contributed by atoms with E-state index in [1.54, 1.807) is 12.3 Å². The fourth-order valence-corrected chi connectivity index (χ4v) is 0.249. The van der Waals surface area contributed by atoms with E-state index < -0.39 is 0 Å². The van der Waals surface area contributed by atoms with Crippen LogP contribution < -0.4 is 0 Å². The SMILES string of the molecule is C=C/C=N\C(=C)CC. The largest absolute Gasteiger partial charge is 0.262 e. The quantitative estimate of drug-likeness (QED) is 0.492. The molecule has 0 aromatic rings. The van der Waals surface area contributed by atoms with Crippen LogP contribution in [-0.2, 0) is 0 Å². The molecule has 8 heavy (non-hydrogen) atoms. The maximum atomic E-state index is 3.92. The summed E-state index contributed by atoms with van der Waals surface area (Å²) in [5.74, 6) is 0. The van der Waals surface area contributed by atoms with E-state index in [0.717, 1.165) is 12.1 Å². The van der Waals surface area contributed by atoms with Crippen molar-refractivity contribution in [2.45, 2.75) is 13.3 Å². The van der Waals surface area contributed by atoms with Crippen molar-refractivity contribution in [1.29, 1.82) is 0 Å². The Kier molecular flexibility index (Phi) is 3.85. The molecular formula is C7H11N. The lowest BCUT2D eigenvalue weighted by Crippen LogP contribution is -1.69. The van der Waals surface area contributed by atoms with Gasteiger partial charge in [0.2, 0.25) is 0 Å². The molecule has 0 radical (unpaired) electrons. The zero-order valence-electron chi connectivity index (χ0n) is 5.22. The minimum atomic E-state index is 0.893. The predicted molar refractivity (Wildman–Crippen MR) is 38.1 cm³/mol. The molecule has 0 amide bonds. The molecule has 0 atom stereocenters. The zero-order valence-corrected chi connectivity index (χ0v) is 5.22. The summed E-state index contributed by atoms with van der Waals surface area (Å²) < 4.78 is 0. The molecule has 44 valence electrons. The van der Waals surface area contributed by atoms with Gasteiger partial charge >= 0.3 is 0 Å². The molecule has 0 spiro atoms. The molecule has 0 aliphatic rings. The Balaban J connectivity index is 3.52. The molecule has 0 aromatic carbocycles. The Morgan fingerprint density at radius 1 is 1.75 bits per heavy atom. The molecule has 0 heterocycles. The normalized spacial score (nSPS) is 9.62. The first kappa shape index (κ1) is 7.15. The van der Waals surface area contributed by atoms with E-state index in [2.05, 4.69) is 18.2 Å². The van der Waals surface area contributed by atoms with Crippen LogP contribution in [0, 0.1) is 0 Å². The Morgan fingerprint density at radius 2 is 2.38 bits per heavy atom. The lowest BCUT2D eigenvalue weighted by atomic mass is 10.4. The average molecular weight is 109 g/mol. The molecule has 0 aliphatic heterocycles. The van der Waals surface area contributed by atoms with Crippen LogP contribution in [0.4, 0.5) is 0 Å². The molecule has 0 aliphatic carbocycles. The van der Waals surface area contributed by atoms with E-state index in [9.17, 15) is 0 Å². The molecule has 0 saturated heterocycles. The van der Waals surface area contributed by atoms with Crippen molar-refractivity contribution in [3.8, 4) is 0 Å². The zero-order chi connectivity index (χ0) is 6.41. The second kappa shape index (κ2) is 4.31. The molecule has 0 aromatic heterocycles. The second-order valence-electron chi connectivity index (χ2n) is 1.43. The molecule has 0 fully saturated rings. The second-order valence-corrected chi connectivity index (χ2v) is 1.43. The van der Waals surface area contributed by atoms with E-state index >= 15 is 0 Å². The summed E-state index contributed by atoms with van der Waals surface area (Å²) >= 11 is 0. The highest BCUT2D eigenvalue weighted by atomic mass is 14.7. The van der Waals surface area contributed by atoms with E-state index in [1.807, 2.05) is 6.92 Å². The first-order valence-electron chi connectivity index (χ1n) is 2.64. The standard InChI is InChI=1S/C7H11N/c1-4-6-8-7(3)5-2/h4,6H,1,3,5H2,2H3/b8-6-. The molecule has 0 saturated carbocycles. The molecular weight excluding hydrogens is 98.1 g/mol. The lowest BCUT2D eigenvalue weighted by molar-refractivity contribution is 1.08. The average Bonchev–Trinajstić information content (AvgIpc) is 1.83. The summed E-state index contributed by atoms with van der Waals surface area (Å²) in [6.07, 6.45) is 4.19. The van der Waals surface area contributed by atoms with Crippen molar-refractivity contribution in [3.63, 3.8) is 0 Å². The first-order chi connectivity index (χ1) is 3.81. The smallest absolute Gasteiger partial charge is 0.0329 e. The molecule has 0 rings (SSSR count). The monoisotopic (exact) mass is 109 g/mol. The van der Waals surface area contributed by atoms with Crippen LogP contribution in [0.25, 0.3) is 0 Å². The van der Waals surface area contributed by atoms with Gasteiger partial charge in [-0.05, 0) is 6.42 Å². The Labute approximate surface area is 50.4 Å². The van der Waals surface area contributed by atoms with Gasteiger partial charge in [-0.2, -0.15) is 0 Å². The van der Waals surface area contributed by atoms with Crippen molar-refractivity contribution >= 4 is 6.21 Å². The molecule has 0 N–H and O–H groups in total. The van der Waals surface area contributed by atoms with E-state index in [-0.39, 0.29) is 0 Å². The van der Waals surface area contributed by atoms with Crippen LogP contribution in [0.5, 0.6) is 0 Å². The van der Waals surface area contributed by atoms with Gasteiger partial charge in [-0.25, -0.2) is 0 Å². The summed E-state index contributed by atoms with van der Waals surface area (Å²) in [5, 5.41) is 0. The fraction of sp³-hybridized carbons (Fsp3) is 0.286. The number of aliphatic imine (C=N–C) groups is 1. The van der Waals surface area contributed by atoms with Crippen molar-refractivity contribution in [2.24, 2.45) is 4.99 Å². The van der Waals surface area contributed by atoms with E-state index in [1.165, 1.54) is 0 Å². The first-order valence-corrected chi connectivity index (χ1v) is 2.64. The van der Waals surface area contributed by atoms with Gasteiger partial charge in [0.05, 0.1) is 0 Å². The van der Waals surface area contributed by atoms with Gasteiger partial charge in [0, 0.05) is 11.9 Å². The van der Waals surface area contributed by atoms with Gasteiger partial charge in [0.15, 0.2) is 0 Å². The van der Waals surface area contributed by atoms with Gasteiger partial charge in [-0.1, -0.05) is 26.2 Å². The van der Waals surface area contributed by atoms with Crippen molar-refractivity contribution in [3.05, 3.63) is 24.9 Å². The third-order valence-electron chi connectivity index (χ3n) is 0.771. The third-order valence-corrected chi connectivity index (χ3v) is 0.771. The Morgan fingerprint density at radius 3 is 2.75 bits per heavy atom. The Hall–Kier alpha value is -0.850. The highest BCUT2D eigenvalue weighted by molar-refractivity contribution is 5.71. The van der Waals surface area contributed by atoms with Gasteiger partial charge in [-0.3, -0.25) is 4.99 Å². The number of nitrogens with zero attached hydrogens (tertiary/aromatic N) is 1. The molecule has 1 nitrogen and oxygen atoms in total. The van der Waals surface area contributed by atoms with Crippen LogP contribution >= 0.6 is 0 Å². The summed E-state index contributed by atoms with van der Waals surface area (Å²) in [6.45, 7) is 9.16. The number of rotatable bonds is 3. The highest BCUT2D eigenvalue weighted by Crippen LogP contribution is 1.94. The van der Waals surface area contributed by atoms with Crippen LogP contribution in [0.2, 0.25) is 0 Å². The Bertz CT molecular complexity index is 112. The molecule has 1 heteroatoms. The summed E-state index contributed by atoms with van der Waals surface area (Å²) in [7, 11) is 0. The van der Waals surface area contributed by atoms with Gasteiger partial charge in [0.1, 0.15) is 0 Å². The maximum Gasteiger partial charge on any atom is 0.0329 e. The highest BCUT2D eigenvalue weighted by Gasteiger charge is 1.76. The number of hydrogen-bond donors (Lipinski definition) is 0. The van der Waals surface area contributed by atoms with Crippen LogP contribution in [0.15, 0.2) is 29.9 Å². The minimum absolute atomic E-state index is 0.893. The lowest BCUT2D eigenvalue weighted by Gasteiger charge is -1.86. The van der Waals surface area contributed by atoms with E-state index in [0.29, 0.717) is 0 Å². The summed E-state index contributed by atoms with van der Waals surface area (Å²) in [5.41, 5.74) is 0.893. The minimum Gasteiger partial charge on any atom is -0.262 e. The van der Waals surface area contributed by atoms with Crippen LogP contribution in [-0.4, -0.2) is 6.21 Å². The summed E-state index contributed by atoms with van der Waals surface area (Å²) in [4.78, 5) is 3.92. The van der Waals surface area contributed by atoms with Crippen molar-refractivity contribution in [1.82, 2.24) is 0 Å². The van der Waals surface area contributed by atoms with Gasteiger partial charge < -0.3 is 0 Å². The predicted octanol–water partition coefficient (Wildman–Crippen LogP) is 2.17. The summed E-state index contributed by atoms with van der Waals surface area (Å²) in [6, 6.07) is 0. The topological polar surface area (TPSA) is 12.4 Å². The maximum absolute atomic E-state index is 3.92. The van der Waals surface area contributed by atoms with Crippen molar-refractivity contribution < 1.29 is 0 Å².